The van der Waals surface area contributed by atoms with Crippen LogP contribution in [0.2, 0.25) is 0 Å². The monoisotopic (exact) mass is 395 g/mol. The minimum atomic E-state index is 0.704. The summed E-state index contributed by atoms with van der Waals surface area (Å²) in [6.07, 6.45) is 16.3. The number of pyridine rings is 1. The fourth-order valence-corrected chi connectivity index (χ4v) is 3.62. The second kappa shape index (κ2) is 14.2. The predicted molar refractivity (Wildman–Crippen MR) is 126 cm³/mol. The van der Waals surface area contributed by atoms with Crippen LogP contribution in [-0.4, -0.2) is 11.6 Å². The summed E-state index contributed by atoms with van der Waals surface area (Å²) < 4.78 is 6.12. The highest BCUT2D eigenvalue weighted by Gasteiger charge is 2.09. The van der Waals surface area contributed by atoms with Gasteiger partial charge in [-0.25, -0.2) is 0 Å². The average Bonchev–Trinajstić information content (AvgIpc) is 2.76. The Hall–Kier alpha value is -1.83. The van der Waals surface area contributed by atoms with Gasteiger partial charge in [-0.15, -0.1) is 0 Å². The van der Waals surface area contributed by atoms with E-state index >= 15 is 0 Å². The van der Waals surface area contributed by atoms with Crippen molar-refractivity contribution in [1.82, 2.24) is 4.98 Å². The van der Waals surface area contributed by atoms with Gasteiger partial charge >= 0.3 is 0 Å². The second-order valence-electron chi connectivity index (χ2n) is 8.42. The van der Waals surface area contributed by atoms with E-state index in [4.69, 9.17) is 4.74 Å². The molecule has 0 N–H and O–H groups in total. The first-order chi connectivity index (χ1) is 14.2. The van der Waals surface area contributed by atoms with Crippen molar-refractivity contribution in [2.45, 2.75) is 91.4 Å². The summed E-state index contributed by atoms with van der Waals surface area (Å²) in [5.74, 6) is 1.66. The summed E-state index contributed by atoms with van der Waals surface area (Å²) in [7, 11) is 0. The van der Waals surface area contributed by atoms with Crippen LogP contribution < -0.4 is 4.74 Å². The summed E-state index contributed by atoms with van der Waals surface area (Å²) in [6, 6.07) is 12.7. The molecular weight excluding hydrogens is 354 g/mol. The Labute approximate surface area is 179 Å². The summed E-state index contributed by atoms with van der Waals surface area (Å²) in [6.45, 7) is 7.57. The highest BCUT2D eigenvalue weighted by atomic mass is 16.5. The van der Waals surface area contributed by atoms with E-state index in [1.54, 1.807) is 0 Å². The normalized spacial score (nSPS) is 12.1. The standard InChI is InChI=1S/C27H41NO/c1-4-6-7-8-9-10-11-12-15-24-18-20-28-26(22-24)25-16-13-14-17-27(25)29-21-19-23(3)5-2/h13-14,16-18,20,22-23H,4-12,15,19,21H2,1-3H3. The van der Waals surface area contributed by atoms with E-state index < -0.39 is 0 Å². The average molecular weight is 396 g/mol. The van der Waals surface area contributed by atoms with Gasteiger partial charge < -0.3 is 4.74 Å². The van der Waals surface area contributed by atoms with Crippen molar-refractivity contribution >= 4 is 0 Å². The van der Waals surface area contributed by atoms with Gasteiger partial charge in [0.05, 0.1) is 12.3 Å². The van der Waals surface area contributed by atoms with Gasteiger partial charge in [0.1, 0.15) is 5.75 Å². The zero-order chi connectivity index (χ0) is 20.7. The Morgan fingerprint density at radius 2 is 1.62 bits per heavy atom. The third-order valence-electron chi connectivity index (χ3n) is 5.87. The van der Waals surface area contributed by atoms with Gasteiger partial charge in [-0.1, -0.05) is 84.3 Å². The molecule has 160 valence electrons. The van der Waals surface area contributed by atoms with Crippen LogP contribution in [0.5, 0.6) is 5.75 Å². The van der Waals surface area contributed by atoms with Crippen molar-refractivity contribution < 1.29 is 4.74 Å². The van der Waals surface area contributed by atoms with Crippen LogP contribution in [-0.2, 0) is 6.42 Å². The summed E-state index contributed by atoms with van der Waals surface area (Å²) >= 11 is 0. The maximum atomic E-state index is 6.12. The number of hydrogen-bond acceptors (Lipinski definition) is 2. The maximum Gasteiger partial charge on any atom is 0.128 e. The van der Waals surface area contributed by atoms with E-state index in [1.165, 1.54) is 63.4 Å². The second-order valence-corrected chi connectivity index (χ2v) is 8.42. The molecule has 1 atom stereocenters. The lowest BCUT2D eigenvalue weighted by Gasteiger charge is -2.13. The number of hydrogen-bond donors (Lipinski definition) is 0. The smallest absolute Gasteiger partial charge is 0.128 e. The van der Waals surface area contributed by atoms with Crippen molar-refractivity contribution in [3.8, 4) is 17.0 Å². The van der Waals surface area contributed by atoms with Gasteiger partial charge in [-0.05, 0) is 55.0 Å². The molecule has 0 bridgehead atoms. The minimum absolute atomic E-state index is 0.704. The van der Waals surface area contributed by atoms with Gasteiger partial charge in [0, 0.05) is 11.8 Å². The van der Waals surface area contributed by atoms with Gasteiger partial charge in [-0.2, -0.15) is 0 Å². The predicted octanol–water partition coefficient (Wildman–Crippen LogP) is 8.25. The Morgan fingerprint density at radius 3 is 2.38 bits per heavy atom. The lowest BCUT2D eigenvalue weighted by Crippen LogP contribution is -2.04. The Balaban J connectivity index is 1.85. The molecule has 0 fully saturated rings. The molecule has 2 aromatic rings. The zero-order valence-corrected chi connectivity index (χ0v) is 19.0. The molecule has 0 saturated carbocycles. The van der Waals surface area contributed by atoms with E-state index in [1.807, 2.05) is 12.3 Å². The van der Waals surface area contributed by atoms with Crippen molar-refractivity contribution in [3.05, 3.63) is 48.2 Å². The molecule has 1 heterocycles. The van der Waals surface area contributed by atoms with Crippen LogP contribution in [0.1, 0.15) is 90.5 Å². The maximum absolute atomic E-state index is 6.12. The summed E-state index contributed by atoms with van der Waals surface area (Å²) in [5.41, 5.74) is 3.52. The van der Waals surface area contributed by atoms with Crippen molar-refractivity contribution in [2.24, 2.45) is 5.92 Å². The van der Waals surface area contributed by atoms with Crippen molar-refractivity contribution in [1.29, 1.82) is 0 Å². The molecule has 0 amide bonds. The van der Waals surface area contributed by atoms with E-state index in [9.17, 15) is 0 Å². The van der Waals surface area contributed by atoms with Crippen molar-refractivity contribution in [2.75, 3.05) is 6.61 Å². The molecule has 0 aliphatic carbocycles. The third-order valence-corrected chi connectivity index (χ3v) is 5.87. The number of ether oxygens (including phenoxy) is 1. The molecule has 0 aliphatic heterocycles. The molecule has 0 saturated heterocycles. The van der Waals surface area contributed by atoms with E-state index in [0.29, 0.717) is 5.92 Å². The third kappa shape index (κ3) is 9.02. The Morgan fingerprint density at radius 1 is 0.897 bits per heavy atom. The van der Waals surface area contributed by atoms with E-state index in [0.717, 1.165) is 36.5 Å². The van der Waals surface area contributed by atoms with Crippen LogP contribution in [0.25, 0.3) is 11.3 Å². The van der Waals surface area contributed by atoms with Crippen LogP contribution in [0, 0.1) is 5.92 Å². The number of para-hydroxylation sites is 1. The largest absolute Gasteiger partial charge is 0.493 e. The van der Waals surface area contributed by atoms with Crippen LogP contribution >= 0.6 is 0 Å². The van der Waals surface area contributed by atoms with Crippen LogP contribution in [0.4, 0.5) is 0 Å². The van der Waals surface area contributed by atoms with Crippen LogP contribution in [0.15, 0.2) is 42.6 Å². The minimum Gasteiger partial charge on any atom is -0.493 e. The molecule has 0 spiro atoms. The van der Waals surface area contributed by atoms with Gasteiger partial charge in [-0.3, -0.25) is 4.98 Å². The van der Waals surface area contributed by atoms with Crippen LogP contribution in [0.3, 0.4) is 0 Å². The molecule has 2 nitrogen and oxygen atoms in total. The SMILES string of the molecule is CCCCCCCCCCc1ccnc(-c2ccccc2OCCC(C)CC)c1. The molecular formula is C27H41NO. The quantitative estimate of drug-likeness (QED) is 0.283. The zero-order valence-electron chi connectivity index (χ0n) is 19.0. The first kappa shape index (κ1) is 23.4. The molecule has 0 radical (unpaired) electrons. The number of nitrogens with zero attached hydrogens (tertiary/aromatic N) is 1. The lowest BCUT2D eigenvalue weighted by molar-refractivity contribution is 0.282. The fourth-order valence-electron chi connectivity index (χ4n) is 3.62. The first-order valence-corrected chi connectivity index (χ1v) is 11.9. The molecule has 1 aromatic heterocycles. The molecule has 1 unspecified atom stereocenters. The topological polar surface area (TPSA) is 22.1 Å². The van der Waals surface area contributed by atoms with Crippen molar-refractivity contribution in [3.63, 3.8) is 0 Å². The molecule has 29 heavy (non-hydrogen) atoms. The van der Waals surface area contributed by atoms with E-state index in [2.05, 4.69) is 56.1 Å². The lowest BCUT2D eigenvalue weighted by atomic mass is 10.0. The number of unbranched alkanes of at least 4 members (excludes halogenated alkanes) is 7. The van der Waals surface area contributed by atoms with Gasteiger partial charge in [0.15, 0.2) is 0 Å². The van der Waals surface area contributed by atoms with E-state index in [-0.39, 0.29) is 0 Å². The molecule has 2 heteroatoms. The Bertz CT molecular complexity index is 682. The number of aromatic nitrogens is 1. The summed E-state index contributed by atoms with van der Waals surface area (Å²) in [4.78, 5) is 4.64. The number of rotatable bonds is 15. The molecule has 2 rings (SSSR count). The highest BCUT2D eigenvalue weighted by Crippen LogP contribution is 2.29. The summed E-state index contributed by atoms with van der Waals surface area (Å²) in [5, 5.41) is 0. The van der Waals surface area contributed by atoms with Gasteiger partial charge in [0.2, 0.25) is 0 Å². The number of aryl methyl sites for hydroxylation is 1. The number of benzene rings is 1. The Kier molecular flexibility index (Phi) is 11.5. The first-order valence-electron chi connectivity index (χ1n) is 11.9. The fraction of sp³-hybridized carbons (Fsp3) is 0.593. The highest BCUT2D eigenvalue weighted by molar-refractivity contribution is 5.67. The van der Waals surface area contributed by atoms with Gasteiger partial charge in [0.25, 0.3) is 0 Å². The molecule has 1 aromatic carbocycles. The molecule has 0 aliphatic rings.